The van der Waals surface area contributed by atoms with E-state index in [9.17, 15) is 14.7 Å². The Balaban J connectivity index is 1.20. The lowest BCUT2D eigenvalue weighted by Gasteiger charge is -2.43. The van der Waals surface area contributed by atoms with E-state index in [0.717, 1.165) is 52.0 Å². The maximum Gasteiger partial charge on any atom is 0.297 e. The number of anilines is 2. The summed E-state index contributed by atoms with van der Waals surface area (Å²) in [5, 5.41) is 13.2. The van der Waals surface area contributed by atoms with Gasteiger partial charge in [0, 0.05) is 58.7 Å². The van der Waals surface area contributed by atoms with E-state index < -0.39 is 0 Å². The Morgan fingerprint density at radius 2 is 1.79 bits per heavy atom. The first-order valence-electron chi connectivity index (χ1n) is 13.5. The number of aromatic nitrogens is 5. The number of carbonyl (C=O) groups excluding carboxylic acids is 1. The first-order chi connectivity index (χ1) is 18.5. The third-order valence-electron chi connectivity index (χ3n) is 8.42. The number of fused-ring (bicyclic) bond motifs is 1. The number of piperazine rings is 1. The Kier molecular flexibility index (Phi) is 6.42. The quantitative estimate of drug-likeness (QED) is 0.522. The molecule has 1 amide bonds. The average molecular weight is 523 g/mol. The van der Waals surface area contributed by atoms with Crippen LogP contribution in [0.2, 0.25) is 0 Å². The molecular weight excluding hydrogens is 488 g/mol. The molecule has 0 unspecified atom stereocenters. The molecule has 0 bridgehead atoms. The molecule has 38 heavy (non-hydrogen) atoms. The number of nitrogens with one attached hydrogen (secondary N) is 1. The van der Waals surface area contributed by atoms with Crippen molar-refractivity contribution in [1.29, 1.82) is 0 Å². The summed E-state index contributed by atoms with van der Waals surface area (Å²) < 4.78 is 7.02. The van der Waals surface area contributed by atoms with Crippen molar-refractivity contribution in [2.24, 2.45) is 5.41 Å². The highest BCUT2D eigenvalue weighted by Crippen LogP contribution is 2.41. The molecule has 3 fully saturated rings. The van der Waals surface area contributed by atoms with Crippen LogP contribution in [0.5, 0.6) is 5.75 Å². The zero-order valence-corrected chi connectivity index (χ0v) is 21.7. The van der Waals surface area contributed by atoms with E-state index in [1.807, 2.05) is 11.8 Å². The van der Waals surface area contributed by atoms with Gasteiger partial charge >= 0.3 is 0 Å². The lowest BCUT2D eigenvalue weighted by Crippen LogP contribution is -2.50. The predicted octanol–water partition coefficient (Wildman–Crippen LogP) is 1.44. The molecule has 3 aromatic heterocycles. The van der Waals surface area contributed by atoms with Gasteiger partial charge in [0.15, 0.2) is 5.69 Å². The summed E-state index contributed by atoms with van der Waals surface area (Å²) in [5.74, 6) is 0.622. The number of aromatic hydroxyl groups is 1. The van der Waals surface area contributed by atoms with Crippen LogP contribution in [0, 0.1) is 5.41 Å². The second-order valence-corrected chi connectivity index (χ2v) is 10.5. The number of carbonyl (C=O) groups is 1. The van der Waals surface area contributed by atoms with Gasteiger partial charge in [-0.05, 0) is 49.7 Å². The molecule has 6 heterocycles. The number of pyridine rings is 1. The predicted molar refractivity (Wildman–Crippen MR) is 141 cm³/mol. The summed E-state index contributed by atoms with van der Waals surface area (Å²) in [6.45, 7) is 7.25. The molecule has 3 aliphatic heterocycles. The van der Waals surface area contributed by atoms with Gasteiger partial charge in [-0.25, -0.2) is 9.97 Å². The number of piperidine rings is 1. The second-order valence-electron chi connectivity index (χ2n) is 10.5. The molecule has 3 aliphatic rings. The van der Waals surface area contributed by atoms with E-state index in [1.54, 1.807) is 11.0 Å². The maximum absolute atomic E-state index is 13.7. The van der Waals surface area contributed by atoms with Crippen LogP contribution in [-0.4, -0.2) is 93.0 Å². The van der Waals surface area contributed by atoms with Gasteiger partial charge in [0.1, 0.15) is 11.4 Å². The highest BCUT2D eigenvalue weighted by Gasteiger charge is 2.37. The van der Waals surface area contributed by atoms with E-state index >= 15 is 0 Å². The zero-order valence-electron chi connectivity index (χ0n) is 21.7. The van der Waals surface area contributed by atoms with Crippen molar-refractivity contribution in [2.75, 3.05) is 62.3 Å². The average Bonchev–Trinajstić information content (AvgIpc) is 3.38. The van der Waals surface area contributed by atoms with Gasteiger partial charge in [-0.3, -0.25) is 14.7 Å². The Morgan fingerprint density at radius 1 is 1.05 bits per heavy atom. The van der Waals surface area contributed by atoms with Crippen LogP contribution < -0.4 is 15.4 Å². The molecule has 0 aromatic carbocycles. The van der Waals surface area contributed by atoms with Crippen LogP contribution in [0.1, 0.15) is 48.8 Å². The second kappa shape index (κ2) is 9.90. The van der Waals surface area contributed by atoms with Crippen molar-refractivity contribution in [1.82, 2.24) is 29.5 Å². The van der Waals surface area contributed by atoms with Crippen molar-refractivity contribution in [3.8, 4) is 5.75 Å². The van der Waals surface area contributed by atoms with Gasteiger partial charge in [-0.2, -0.15) is 9.50 Å². The van der Waals surface area contributed by atoms with Crippen LogP contribution in [0.15, 0.2) is 23.1 Å². The van der Waals surface area contributed by atoms with Crippen LogP contribution in [-0.2, 0) is 11.2 Å². The lowest BCUT2D eigenvalue weighted by atomic mass is 9.72. The molecular formula is C26H34N8O4. The fraction of sp³-hybridized carbons (Fsp3) is 0.577. The summed E-state index contributed by atoms with van der Waals surface area (Å²) in [6.07, 6.45) is 6.52. The fourth-order valence-corrected chi connectivity index (χ4v) is 5.99. The van der Waals surface area contributed by atoms with Crippen molar-refractivity contribution in [3.05, 3.63) is 40.1 Å². The van der Waals surface area contributed by atoms with E-state index in [4.69, 9.17) is 14.7 Å². The minimum Gasteiger partial charge on any atom is -0.505 e. The van der Waals surface area contributed by atoms with Crippen LogP contribution in [0.3, 0.4) is 0 Å². The largest absolute Gasteiger partial charge is 0.505 e. The minimum atomic E-state index is -0.314. The first-order valence-corrected chi connectivity index (χ1v) is 13.5. The van der Waals surface area contributed by atoms with Gasteiger partial charge in [0.25, 0.3) is 17.2 Å². The van der Waals surface area contributed by atoms with Crippen molar-refractivity contribution >= 4 is 23.3 Å². The maximum atomic E-state index is 13.7. The standard InChI is InChI=1S/C26H34N8O4/c1-2-18-21(31-12-14-32(15-13-31)22(36)20-19(35)4-3-9-27-20)23(37)34-24(28-18)29-25(30-34)33-10-5-26(6-11-33)7-16-38-17-8-26/h3-4,9,35H,2,5-8,10-17H2,1H3,(H,28,29,30). The molecule has 12 heteroatoms. The highest BCUT2D eigenvalue weighted by molar-refractivity contribution is 5.94. The highest BCUT2D eigenvalue weighted by atomic mass is 16.5. The van der Waals surface area contributed by atoms with Crippen LogP contribution in [0.4, 0.5) is 11.6 Å². The van der Waals surface area contributed by atoms with Gasteiger partial charge in [-0.15, -0.1) is 0 Å². The summed E-state index contributed by atoms with van der Waals surface area (Å²) >= 11 is 0. The topological polar surface area (TPSA) is 132 Å². The third kappa shape index (κ3) is 4.36. The molecule has 0 saturated carbocycles. The minimum absolute atomic E-state index is 0.0452. The Labute approximate surface area is 220 Å². The van der Waals surface area contributed by atoms with Gasteiger partial charge < -0.3 is 24.5 Å². The van der Waals surface area contributed by atoms with Crippen molar-refractivity contribution in [3.63, 3.8) is 0 Å². The first kappa shape index (κ1) is 24.7. The number of ether oxygens (including phenoxy) is 1. The van der Waals surface area contributed by atoms with Gasteiger partial charge in [0.05, 0.1) is 5.69 Å². The number of aromatic amines is 1. The third-order valence-corrected chi connectivity index (χ3v) is 8.42. The van der Waals surface area contributed by atoms with Gasteiger partial charge in [-0.1, -0.05) is 6.92 Å². The van der Waals surface area contributed by atoms with Crippen LogP contribution in [0.25, 0.3) is 5.78 Å². The molecule has 12 nitrogen and oxygen atoms in total. The molecule has 0 radical (unpaired) electrons. The van der Waals surface area contributed by atoms with E-state index in [-0.39, 0.29) is 22.9 Å². The number of H-pyrrole nitrogens is 1. The fourth-order valence-electron chi connectivity index (χ4n) is 5.99. The number of amides is 1. The van der Waals surface area contributed by atoms with Crippen molar-refractivity contribution < 1.29 is 14.6 Å². The van der Waals surface area contributed by atoms with Crippen molar-refractivity contribution in [2.45, 2.75) is 39.0 Å². The molecule has 6 rings (SSSR count). The molecule has 3 aromatic rings. The SMILES string of the molecule is CCc1nc2nc(N3CCC4(CCOCC4)CC3)[nH]n2c(=O)c1N1CCN(C(=O)c2ncccc2O)CC1. The number of hydrogen-bond donors (Lipinski definition) is 2. The normalized spacial score (nSPS) is 19.9. The number of aryl methyl sites for hydroxylation is 1. The summed E-state index contributed by atoms with van der Waals surface area (Å²) in [5.41, 5.74) is 1.49. The van der Waals surface area contributed by atoms with E-state index in [2.05, 4.69) is 15.0 Å². The molecule has 0 atom stereocenters. The summed E-state index contributed by atoms with van der Waals surface area (Å²) in [6, 6.07) is 3.04. The Morgan fingerprint density at radius 3 is 2.47 bits per heavy atom. The molecule has 3 saturated heterocycles. The van der Waals surface area contributed by atoms with Gasteiger partial charge in [0.2, 0.25) is 5.95 Å². The van der Waals surface area contributed by atoms with E-state index in [1.165, 1.54) is 16.8 Å². The summed E-state index contributed by atoms with van der Waals surface area (Å²) in [7, 11) is 0. The Bertz CT molecular complexity index is 1380. The Hall–Kier alpha value is -3.67. The smallest absolute Gasteiger partial charge is 0.297 e. The lowest BCUT2D eigenvalue weighted by molar-refractivity contribution is 0.00199. The summed E-state index contributed by atoms with van der Waals surface area (Å²) in [4.78, 5) is 45.9. The number of hydrogen-bond acceptors (Lipinski definition) is 9. The molecule has 202 valence electrons. The number of rotatable bonds is 4. The van der Waals surface area contributed by atoms with E-state index in [0.29, 0.717) is 61.1 Å². The molecule has 2 N–H and O–H groups in total. The zero-order chi connectivity index (χ0) is 26.3. The monoisotopic (exact) mass is 522 g/mol. The molecule has 0 aliphatic carbocycles. The van der Waals surface area contributed by atoms with Crippen LogP contribution >= 0.6 is 0 Å². The molecule has 1 spiro atoms. The number of nitrogens with zero attached hydrogens (tertiary/aromatic N) is 7.